The number of halogens is 1. The summed E-state index contributed by atoms with van der Waals surface area (Å²) in [5.74, 6) is 0. The van der Waals surface area contributed by atoms with Gasteiger partial charge < -0.3 is 5.32 Å². The Morgan fingerprint density at radius 3 is 2.95 bits per heavy atom. The molecule has 1 N–H and O–H groups in total. The first-order chi connectivity index (χ1) is 9.22. The van der Waals surface area contributed by atoms with E-state index in [1.165, 1.54) is 0 Å². The summed E-state index contributed by atoms with van der Waals surface area (Å²) in [6, 6.07) is 2.00. The molecule has 6 nitrogen and oxygen atoms in total. The first kappa shape index (κ1) is 12.3. The molecule has 3 rings (SSSR count). The van der Waals surface area contributed by atoms with Crippen LogP contribution in [0, 0.1) is 0 Å². The highest BCUT2D eigenvalue weighted by atomic mass is 79.9. The van der Waals surface area contributed by atoms with Crippen LogP contribution in [0.15, 0.2) is 35.5 Å². The highest BCUT2D eigenvalue weighted by Gasteiger charge is 2.04. The van der Waals surface area contributed by atoms with Crippen molar-refractivity contribution in [1.82, 2.24) is 29.5 Å². The molecular formula is C12H13BrN6. The fourth-order valence-electron chi connectivity index (χ4n) is 1.92. The molecule has 0 fully saturated rings. The normalized spacial score (nSPS) is 11.3. The van der Waals surface area contributed by atoms with Gasteiger partial charge in [-0.2, -0.15) is 5.10 Å². The second kappa shape index (κ2) is 5.10. The lowest BCUT2D eigenvalue weighted by Crippen LogP contribution is -2.14. The summed E-state index contributed by atoms with van der Waals surface area (Å²) < 4.78 is 4.61. The highest BCUT2D eigenvalue weighted by Crippen LogP contribution is 2.10. The van der Waals surface area contributed by atoms with Gasteiger partial charge in [0, 0.05) is 32.5 Å². The van der Waals surface area contributed by atoms with Crippen molar-refractivity contribution >= 4 is 21.6 Å². The second-order valence-electron chi connectivity index (χ2n) is 4.27. The zero-order valence-corrected chi connectivity index (χ0v) is 12.0. The summed E-state index contributed by atoms with van der Waals surface area (Å²) in [6.07, 6.45) is 7.45. The number of rotatable bonds is 4. The zero-order valence-electron chi connectivity index (χ0n) is 10.4. The van der Waals surface area contributed by atoms with Crippen LogP contribution in [0.1, 0.15) is 11.4 Å². The lowest BCUT2D eigenvalue weighted by atomic mass is 10.4. The first-order valence-electron chi connectivity index (χ1n) is 5.89. The topological polar surface area (TPSA) is 60.0 Å². The number of hydrogen-bond acceptors (Lipinski definition) is 4. The molecule has 3 heterocycles. The van der Waals surface area contributed by atoms with Crippen molar-refractivity contribution in [3.8, 4) is 0 Å². The van der Waals surface area contributed by atoms with Crippen molar-refractivity contribution < 1.29 is 0 Å². The SMILES string of the molecule is Cn1ccc(CNCc2cnc3cnc(Br)cn23)n1. The van der Waals surface area contributed by atoms with Crippen LogP contribution in [0.3, 0.4) is 0 Å². The summed E-state index contributed by atoms with van der Waals surface area (Å²) >= 11 is 3.37. The van der Waals surface area contributed by atoms with E-state index in [-0.39, 0.29) is 0 Å². The van der Waals surface area contributed by atoms with E-state index in [4.69, 9.17) is 0 Å². The van der Waals surface area contributed by atoms with Crippen LogP contribution in [-0.2, 0) is 20.1 Å². The Bertz CT molecular complexity index is 701. The molecule has 0 atom stereocenters. The van der Waals surface area contributed by atoms with E-state index in [1.54, 1.807) is 10.9 Å². The first-order valence-corrected chi connectivity index (χ1v) is 6.68. The van der Waals surface area contributed by atoms with Crippen LogP contribution in [0.2, 0.25) is 0 Å². The molecule has 0 amide bonds. The zero-order chi connectivity index (χ0) is 13.2. The third kappa shape index (κ3) is 2.66. The van der Waals surface area contributed by atoms with Gasteiger partial charge in [0.2, 0.25) is 0 Å². The maximum absolute atomic E-state index is 4.32. The molecule has 98 valence electrons. The van der Waals surface area contributed by atoms with Gasteiger partial charge in [0.25, 0.3) is 0 Å². The Hall–Kier alpha value is -1.73. The molecule has 0 saturated carbocycles. The van der Waals surface area contributed by atoms with Gasteiger partial charge in [-0.05, 0) is 22.0 Å². The van der Waals surface area contributed by atoms with Crippen molar-refractivity contribution in [3.05, 3.63) is 46.8 Å². The van der Waals surface area contributed by atoms with Crippen LogP contribution < -0.4 is 5.32 Å². The third-order valence-electron chi connectivity index (χ3n) is 2.82. The molecule has 0 bridgehead atoms. The Labute approximate surface area is 118 Å². The molecule has 0 unspecified atom stereocenters. The van der Waals surface area contributed by atoms with E-state index >= 15 is 0 Å². The van der Waals surface area contributed by atoms with Crippen molar-refractivity contribution in [1.29, 1.82) is 0 Å². The van der Waals surface area contributed by atoms with Gasteiger partial charge >= 0.3 is 0 Å². The average molecular weight is 321 g/mol. The largest absolute Gasteiger partial charge is 0.305 e. The number of aryl methyl sites for hydroxylation is 1. The number of hydrogen-bond donors (Lipinski definition) is 1. The van der Waals surface area contributed by atoms with Gasteiger partial charge in [-0.25, -0.2) is 9.97 Å². The molecule has 0 radical (unpaired) electrons. The Morgan fingerprint density at radius 1 is 1.26 bits per heavy atom. The van der Waals surface area contributed by atoms with Crippen molar-refractivity contribution in [3.63, 3.8) is 0 Å². The predicted octanol–water partition coefficient (Wildman–Crippen LogP) is 1.52. The molecule has 7 heteroatoms. The number of imidazole rings is 1. The maximum atomic E-state index is 4.32. The van der Waals surface area contributed by atoms with E-state index < -0.39 is 0 Å². The molecule has 0 spiro atoms. The molecule has 3 aromatic heterocycles. The van der Waals surface area contributed by atoms with E-state index in [1.807, 2.05) is 36.1 Å². The smallest absolute Gasteiger partial charge is 0.155 e. The monoisotopic (exact) mass is 320 g/mol. The van der Waals surface area contributed by atoms with Crippen molar-refractivity contribution in [2.75, 3.05) is 0 Å². The molecule has 0 aromatic carbocycles. The average Bonchev–Trinajstić information content (AvgIpc) is 2.97. The van der Waals surface area contributed by atoms with Crippen LogP contribution in [-0.4, -0.2) is 24.1 Å². The lowest BCUT2D eigenvalue weighted by molar-refractivity contribution is 0.645. The van der Waals surface area contributed by atoms with E-state index in [9.17, 15) is 0 Å². The van der Waals surface area contributed by atoms with Gasteiger partial charge in [-0.15, -0.1) is 0 Å². The molecule has 0 aliphatic carbocycles. The lowest BCUT2D eigenvalue weighted by Gasteiger charge is -2.03. The van der Waals surface area contributed by atoms with E-state index in [0.717, 1.165) is 34.7 Å². The number of fused-ring (bicyclic) bond motifs is 1. The summed E-state index contributed by atoms with van der Waals surface area (Å²) in [5.41, 5.74) is 2.96. The highest BCUT2D eigenvalue weighted by molar-refractivity contribution is 9.10. The number of nitrogens with zero attached hydrogens (tertiary/aromatic N) is 5. The Morgan fingerprint density at radius 2 is 2.16 bits per heavy atom. The van der Waals surface area contributed by atoms with Crippen LogP contribution in [0.4, 0.5) is 0 Å². The molecule has 0 aliphatic rings. The summed E-state index contributed by atoms with van der Waals surface area (Å²) in [7, 11) is 1.92. The number of nitrogens with one attached hydrogen (secondary N) is 1. The summed E-state index contributed by atoms with van der Waals surface area (Å²) in [6.45, 7) is 1.47. The van der Waals surface area contributed by atoms with Crippen LogP contribution >= 0.6 is 15.9 Å². The van der Waals surface area contributed by atoms with E-state index in [2.05, 4.69) is 36.3 Å². The van der Waals surface area contributed by atoms with Gasteiger partial charge in [0.1, 0.15) is 4.60 Å². The van der Waals surface area contributed by atoms with E-state index in [0.29, 0.717) is 0 Å². The summed E-state index contributed by atoms with van der Waals surface area (Å²) in [5, 5.41) is 7.68. The van der Waals surface area contributed by atoms with Gasteiger partial charge in [-0.1, -0.05) is 0 Å². The minimum absolute atomic E-state index is 0.730. The molecule has 3 aromatic rings. The van der Waals surface area contributed by atoms with Crippen LogP contribution in [0.5, 0.6) is 0 Å². The maximum Gasteiger partial charge on any atom is 0.155 e. The van der Waals surface area contributed by atoms with Gasteiger partial charge in [0.05, 0.1) is 23.8 Å². The fourth-order valence-corrected chi connectivity index (χ4v) is 2.23. The Balaban J connectivity index is 1.70. The minimum Gasteiger partial charge on any atom is -0.305 e. The molecule has 19 heavy (non-hydrogen) atoms. The fraction of sp³-hybridized carbons (Fsp3) is 0.250. The van der Waals surface area contributed by atoms with Gasteiger partial charge in [0.15, 0.2) is 5.65 Å². The molecule has 0 saturated heterocycles. The number of aromatic nitrogens is 5. The van der Waals surface area contributed by atoms with Crippen molar-refractivity contribution in [2.24, 2.45) is 7.05 Å². The molecular weight excluding hydrogens is 308 g/mol. The minimum atomic E-state index is 0.730. The predicted molar refractivity (Wildman–Crippen MR) is 74.4 cm³/mol. The third-order valence-corrected chi connectivity index (χ3v) is 3.23. The molecule has 0 aliphatic heterocycles. The van der Waals surface area contributed by atoms with Crippen molar-refractivity contribution in [2.45, 2.75) is 13.1 Å². The standard InChI is InChI=1S/C12H13BrN6/c1-18-3-2-9(17-18)4-14-5-10-6-16-12-7-15-11(13)8-19(10)12/h2-3,6-8,14H,4-5H2,1H3. The van der Waals surface area contributed by atoms with Gasteiger partial charge in [-0.3, -0.25) is 9.08 Å². The quantitative estimate of drug-likeness (QED) is 0.791. The second-order valence-corrected chi connectivity index (χ2v) is 5.08. The summed E-state index contributed by atoms with van der Waals surface area (Å²) in [4.78, 5) is 8.46. The van der Waals surface area contributed by atoms with Crippen LogP contribution in [0.25, 0.3) is 5.65 Å². The Kier molecular flexibility index (Phi) is 3.31.